The minimum Gasteiger partial charge on any atom is -0.467 e. The van der Waals surface area contributed by atoms with E-state index in [1.54, 1.807) is 13.3 Å². The summed E-state index contributed by atoms with van der Waals surface area (Å²) in [5.41, 5.74) is 0. The van der Waals surface area contributed by atoms with E-state index in [0.717, 1.165) is 18.6 Å². The molecule has 0 aliphatic heterocycles. The van der Waals surface area contributed by atoms with Crippen LogP contribution in [0, 0.1) is 0 Å². The molecule has 1 saturated carbocycles. The second kappa shape index (κ2) is 3.96. The number of amides is 2. The lowest BCUT2D eigenvalue weighted by atomic mass is 10.2. The van der Waals surface area contributed by atoms with E-state index in [-0.39, 0.29) is 12.1 Å². The zero-order valence-corrected chi connectivity index (χ0v) is 9.06. The summed E-state index contributed by atoms with van der Waals surface area (Å²) in [6.07, 6.45) is 3.83. The van der Waals surface area contributed by atoms with Crippen molar-refractivity contribution in [3.05, 3.63) is 24.2 Å². The van der Waals surface area contributed by atoms with Gasteiger partial charge in [0.15, 0.2) is 0 Å². The van der Waals surface area contributed by atoms with Gasteiger partial charge in [0.1, 0.15) is 5.76 Å². The Kier molecular flexibility index (Phi) is 2.66. The number of carbonyl (C=O) groups excluding carboxylic acids is 1. The lowest BCUT2D eigenvalue weighted by molar-refractivity contribution is 0.168. The van der Waals surface area contributed by atoms with E-state index in [2.05, 4.69) is 5.32 Å². The molecule has 1 atom stereocenters. The highest BCUT2D eigenvalue weighted by atomic mass is 16.3. The molecule has 0 unspecified atom stereocenters. The average Bonchev–Trinajstić information content (AvgIpc) is 2.92. The number of nitrogens with zero attached hydrogens (tertiary/aromatic N) is 1. The predicted octanol–water partition coefficient (Wildman–Crippen LogP) is 2.14. The minimum absolute atomic E-state index is 0.00690. The molecule has 0 spiro atoms. The monoisotopic (exact) mass is 208 g/mol. The van der Waals surface area contributed by atoms with Gasteiger partial charge in [-0.1, -0.05) is 0 Å². The van der Waals surface area contributed by atoms with Crippen LogP contribution in [0.5, 0.6) is 0 Å². The first-order valence-corrected chi connectivity index (χ1v) is 5.27. The van der Waals surface area contributed by atoms with Crippen LogP contribution in [-0.2, 0) is 0 Å². The van der Waals surface area contributed by atoms with Crippen molar-refractivity contribution < 1.29 is 9.21 Å². The van der Waals surface area contributed by atoms with Crippen LogP contribution in [0.2, 0.25) is 0 Å². The van der Waals surface area contributed by atoms with Crippen molar-refractivity contribution in [1.29, 1.82) is 0 Å². The fourth-order valence-corrected chi connectivity index (χ4v) is 1.81. The van der Waals surface area contributed by atoms with E-state index in [1.165, 1.54) is 0 Å². The van der Waals surface area contributed by atoms with E-state index < -0.39 is 0 Å². The van der Waals surface area contributed by atoms with Gasteiger partial charge in [-0.15, -0.1) is 0 Å². The largest absolute Gasteiger partial charge is 0.467 e. The third-order valence-electron chi connectivity index (χ3n) is 2.76. The molecule has 4 heteroatoms. The Bertz CT molecular complexity index is 330. The quantitative estimate of drug-likeness (QED) is 0.827. The van der Waals surface area contributed by atoms with Crippen LogP contribution in [0.3, 0.4) is 0 Å². The Balaban J connectivity index is 2.14. The summed E-state index contributed by atoms with van der Waals surface area (Å²) in [4.78, 5) is 13.6. The first-order chi connectivity index (χ1) is 7.24. The van der Waals surface area contributed by atoms with E-state index >= 15 is 0 Å². The topological polar surface area (TPSA) is 45.5 Å². The number of nitrogens with one attached hydrogen (secondary N) is 1. The van der Waals surface area contributed by atoms with Gasteiger partial charge in [0.2, 0.25) is 0 Å². The molecule has 1 aliphatic carbocycles. The molecule has 82 valence electrons. The Morgan fingerprint density at radius 1 is 1.67 bits per heavy atom. The predicted molar refractivity (Wildman–Crippen MR) is 56.4 cm³/mol. The van der Waals surface area contributed by atoms with Crippen molar-refractivity contribution >= 4 is 6.03 Å². The maximum absolute atomic E-state index is 11.7. The minimum atomic E-state index is -0.0265. The summed E-state index contributed by atoms with van der Waals surface area (Å²) in [5, 5.41) is 2.67. The molecule has 0 saturated heterocycles. The van der Waals surface area contributed by atoms with Gasteiger partial charge in [-0.3, -0.25) is 0 Å². The van der Waals surface area contributed by atoms with Crippen LogP contribution in [-0.4, -0.2) is 24.0 Å². The highest BCUT2D eigenvalue weighted by molar-refractivity contribution is 5.75. The Morgan fingerprint density at radius 3 is 2.87 bits per heavy atom. The summed E-state index contributed by atoms with van der Waals surface area (Å²) in [7, 11) is 1.66. The van der Waals surface area contributed by atoms with Crippen LogP contribution >= 0.6 is 0 Å². The van der Waals surface area contributed by atoms with Gasteiger partial charge in [-0.05, 0) is 31.9 Å². The molecule has 1 fully saturated rings. The maximum Gasteiger partial charge on any atom is 0.318 e. The molecule has 0 radical (unpaired) electrons. The standard InChI is InChI=1S/C11H16N2O2/c1-8(10-4-3-7-15-10)13(9-5-6-9)11(14)12-2/h3-4,7-9H,5-6H2,1-2H3,(H,12,14)/t8-/m1/s1. The summed E-state index contributed by atoms with van der Waals surface area (Å²) >= 11 is 0. The lowest BCUT2D eigenvalue weighted by Crippen LogP contribution is -2.41. The van der Waals surface area contributed by atoms with Gasteiger partial charge in [0.05, 0.1) is 12.3 Å². The normalized spacial score (nSPS) is 17.2. The van der Waals surface area contributed by atoms with Gasteiger partial charge in [-0.25, -0.2) is 4.79 Å². The first kappa shape index (κ1) is 10.1. The SMILES string of the molecule is CNC(=O)N(C1CC1)[C@H](C)c1ccco1. The highest BCUT2D eigenvalue weighted by Gasteiger charge is 2.36. The Labute approximate surface area is 89.2 Å². The van der Waals surface area contributed by atoms with Gasteiger partial charge in [0.25, 0.3) is 0 Å². The summed E-state index contributed by atoms with van der Waals surface area (Å²) in [6, 6.07) is 4.11. The first-order valence-electron chi connectivity index (χ1n) is 5.27. The van der Waals surface area contributed by atoms with Crippen molar-refractivity contribution in [2.24, 2.45) is 0 Å². The molecule has 1 aromatic heterocycles. The van der Waals surface area contributed by atoms with Crippen molar-refractivity contribution in [2.75, 3.05) is 7.05 Å². The fraction of sp³-hybridized carbons (Fsp3) is 0.545. The zero-order valence-electron chi connectivity index (χ0n) is 9.06. The van der Waals surface area contributed by atoms with Gasteiger partial charge in [0, 0.05) is 13.1 Å². The smallest absolute Gasteiger partial charge is 0.318 e. The number of urea groups is 1. The number of carbonyl (C=O) groups is 1. The van der Waals surface area contributed by atoms with Crippen LogP contribution < -0.4 is 5.32 Å². The summed E-state index contributed by atoms with van der Waals surface area (Å²) in [5.74, 6) is 0.838. The zero-order chi connectivity index (χ0) is 10.8. The van der Waals surface area contributed by atoms with Crippen molar-refractivity contribution in [3.63, 3.8) is 0 Å². The van der Waals surface area contributed by atoms with Gasteiger partial charge in [-0.2, -0.15) is 0 Å². The van der Waals surface area contributed by atoms with E-state index in [0.29, 0.717) is 6.04 Å². The number of furan rings is 1. The molecule has 4 nitrogen and oxygen atoms in total. The third-order valence-corrected chi connectivity index (χ3v) is 2.76. The van der Waals surface area contributed by atoms with Crippen molar-refractivity contribution in [1.82, 2.24) is 10.2 Å². The van der Waals surface area contributed by atoms with Crippen LogP contribution in [0.25, 0.3) is 0 Å². The molecule has 2 amide bonds. The Morgan fingerprint density at radius 2 is 2.40 bits per heavy atom. The van der Waals surface area contributed by atoms with Gasteiger partial charge >= 0.3 is 6.03 Å². The number of hydrogen-bond acceptors (Lipinski definition) is 2. The van der Waals surface area contributed by atoms with E-state index in [1.807, 2.05) is 24.0 Å². The molecule has 15 heavy (non-hydrogen) atoms. The van der Waals surface area contributed by atoms with Crippen molar-refractivity contribution in [2.45, 2.75) is 31.8 Å². The lowest BCUT2D eigenvalue weighted by Gasteiger charge is -2.27. The van der Waals surface area contributed by atoms with E-state index in [9.17, 15) is 4.79 Å². The molecule has 1 aromatic rings. The number of hydrogen-bond donors (Lipinski definition) is 1. The molecular formula is C11H16N2O2. The summed E-state index contributed by atoms with van der Waals surface area (Å²) < 4.78 is 5.33. The van der Waals surface area contributed by atoms with Gasteiger partial charge < -0.3 is 14.6 Å². The molecule has 2 rings (SSSR count). The molecule has 1 heterocycles. The molecule has 1 N–H and O–H groups in total. The second-order valence-electron chi connectivity index (χ2n) is 3.88. The average molecular weight is 208 g/mol. The third kappa shape index (κ3) is 1.98. The second-order valence-corrected chi connectivity index (χ2v) is 3.88. The molecular weight excluding hydrogens is 192 g/mol. The fourth-order valence-electron chi connectivity index (χ4n) is 1.81. The van der Waals surface area contributed by atoms with Crippen LogP contribution in [0.15, 0.2) is 22.8 Å². The number of rotatable bonds is 3. The maximum atomic E-state index is 11.7. The Hall–Kier alpha value is -1.45. The summed E-state index contributed by atoms with van der Waals surface area (Å²) in [6.45, 7) is 1.99. The highest BCUT2D eigenvalue weighted by Crippen LogP contribution is 2.34. The molecule has 1 aliphatic rings. The van der Waals surface area contributed by atoms with Crippen LogP contribution in [0.4, 0.5) is 4.79 Å². The van der Waals surface area contributed by atoms with Crippen LogP contribution in [0.1, 0.15) is 31.6 Å². The van der Waals surface area contributed by atoms with Crippen molar-refractivity contribution in [3.8, 4) is 0 Å². The van der Waals surface area contributed by atoms with E-state index in [4.69, 9.17) is 4.42 Å². The molecule has 0 aromatic carbocycles. The molecule has 0 bridgehead atoms.